The summed E-state index contributed by atoms with van der Waals surface area (Å²) in [6, 6.07) is 10.8. The SMILES string of the molecule is [B]c1ccc2c(c1)NC(=O)CC(c1ccc3[nH]c(=O)sc3c1)=N2. The van der Waals surface area contributed by atoms with Gasteiger partial charge in [-0.05, 0) is 29.8 Å². The summed E-state index contributed by atoms with van der Waals surface area (Å²) in [6.45, 7) is 0. The average Bonchev–Trinajstić information content (AvgIpc) is 2.79. The van der Waals surface area contributed by atoms with E-state index in [0.29, 0.717) is 22.5 Å². The predicted molar refractivity (Wildman–Crippen MR) is 93.7 cm³/mol. The smallest absolute Gasteiger partial charge is 0.305 e. The normalized spacial score (nSPS) is 14.1. The Morgan fingerprint density at radius 2 is 2.00 bits per heavy atom. The minimum atomic E-state index is -0.143. The van der Waals surface area contributed by atoms with E-state index < -0.39 is 0 Å². The van der Waals surface area contributed by atoms with Crippen molar-refractivity contribution in [3.8, 4) is 0 Å². The van der Waals surface area contributed by atoms with Gasteiger partial charge < -0.3 is 10.3 Å². The highest BCUT2D eigenvalue weighted by Gasteiger charge is 2.17. The first-order valence-electron chi connectivity index (χ1n) is 6.99. The summed E-state index contributed by atoms with van der Waals surface area (Å²) in [4.78, 5) is 30.8. The van der Waals surface area contributed by atoms with E-state index in [1.165, 1.54) is 0 Å². The van der Waals surface area contributed by atoms with Gasteiger partial charge >= 0.3 is 4.87 Å². The quantitative estimate of drug-likeness (QED) is 0.672. The van der Waals surface area contributed by atoms with E-state index in [2.05, 4.69) is 15.3 Å². The molecule has 1 amide bonds. The lowest BCUT2D eigenvalue weighted by molar-refractivity contribution is -0.115. The summed E-state index contributed by atoms with van der Waals surface area (Å²) in [5.74, 6) is -0.143. The Balaban J connectivity index is 1.86. The largest absolute Gasteiger partial charge is 0.324 e. The van der Waals surface area contributed by atoms with E-state index >= 15 is 0 Å². The highest BCUT2D eigenvalue weighted by molar-refractivity contribution is 7.16. The average molecular weight is 319 g/mol. The van der Waals surface area contributed by atoms with Crippen LogP contribution < -0.4 is 15.7 Å². The minimum Gasteiger partial charge on any atom is -0.324 e. The highest BCUT2D eigenvalue weighted by atomic mass is 32.1. The molecule has 110 valence electrons. The maximum Gasteiger partial charge on any atom is 0.305 e. The van der Waals surface area contributed by atoms with Crippen LogP contribution in [-0.2, 0) is 4.79 Å². The molecule has 2 aromatic carbocycles. The van der Waals surface area contributed by atoms with E-state index in [-0.39, 0.29) is 17.2 Å². The third-order valence-corrected chi connectivity index (χ3v) is 4.48. The van der Waals surface area contributed by atoms with E-state index in [9.17, 15) is 9.59 Å². The van der Waals surface area contributed by atoms with Crippen molar-refractivity contribution in [1.82, 2.24) is 4.98 Å². The number of amides is 1. The Morgan fingerprint density at radius 3 is 2.87 bits per heavy atom. The number of hydrogen-bond donors (Lipinski definition) is 2. The molecule has 1 aromatic heterocycles. The van der Waals surface area contributed by atoms with Crippen LogP contribution in [0.4, 0.5) is 11.4 Å². The van der Waals surface area contributed by atoms with Gasteiger partial charge in [-0.3, -0.25) is 14.6 Å². The first-order chi connectivity index (χ1) is 11.1. The van der Waals surface area contributed by atoms with Gasteiger partial charge in [-0.25, -0.2) is 0 Å². The summed E-state index contributed by atoms with van der Waals surface area (Å²) in [5.41, 5.74) is 4.12. The molecule has 0 bridgehead atoms. The van der Waals surface area contributed by atoms with Crippen molar-refractivity contribution in [3.63, 3.8) is 0 Å². The molecule has 0 aliphatic carbocycles. The molecular formula is C16H10BN3O2S. The molecule has 2 N–H and O–H groups in total. The molecule has 0 saturated heterocycles. The van der Waals surface area contributed by atoms with E-state index in [4.69, 9.17) is 7.85 Å². The van der Waals surface area contributed by atoms with E-state index in [0.717, 1.165) is 27.1 Å². The van der Waals surface area contributed by atoms with Gasteiger partial charge in [-0.2, -0.15) is 0 Å². The number of carbonyl (C=O) groups is 1. The lowest BCUT2D eigenvalue weighted by Crippen LogP contribution is -2.15. The zero-order chi connectivity index (χ0) is 16.0. The molecule has 0 fully saturated rings. The molecule has 7 heteroatoms. The van der Waals surface area contributed by atoms with Crippen molar-refractivity contribution in [2.24, 2.45) is 4.99 Å². The monoisotopic (exact) mass is 319 g/mol. The number of aromatic nitrogens is 1. The standard InChI is InChI=1S/C16H10BN3O2S/c17-9-2-4-10-13(6-9)19-15(21)7-12(18-10)8-1-3-11-14(5-8)23-16(22)20-11/h1-6H,7H2,(H,19,21)(H,20,22). The number of nitrogens with zero attached hydrogens (tertiary/aromatic N) is 1. The first kappa shape index (κ1) is 14.0. The molecule has 1 aliphatic rings. The van der Waals surface area contributed by atoms with Gasteiger partial charge in [0.05, 0.1) is 33.7 Å². The van der Waals surface area contributed by atoms with Gasteiger partial charge in [0.15, 0.2) is 0 Å². The fraction of sp³-hybridized carbons (Fsp3) is 0.0625. The third kappa shape index (κ3) is 2.59. The van der Waals surface area contributed by atoms with Gasteiger partial charge in [0.25, 0.3) is 0 Å². The van der Waals surface area contributed by atoms with Crippen LogP contribution in [0.2, 0.25) is 0 Å². The molecule has 0 spiro atoms. The van der Waals surface area contributed by atoms with Crippen LogP contribution in [0.5, 0.6) is 0 Å². The van der Waals surface area contributed by atoms with Crippen molar-refractivity contribution in [3.05, 3.63) is 51.6 Å². The predicted octanol–water partition coefficient (Wildman–Crippen LogP) is 1.85. The number of rotatable bonds is 1. The molecule has 3 aromatic rings. The molecule has 0 unspecified atom stereocenters. The molecule has 2 radical (unpaired) electrons. The Kier molecular flexibility index (Phi) is 3.16. The van der Waals surface area contributed by atoms with Crippen molar-refractivity contribution in [2.45, 2.75) is 6.42 Å². The Labute approximate surface area is 136 Å². The second-order valence-corrected chi connectivity index (χ2v) is 6.30. The number of fused-ring (bicyclic) bond motifs is 2. The van der Waals surface area contributed by atoms with Crippen LogP contribution in [0.25, 0.3) is 10.2 Å². The lowest BCUT2D eigenvalue weighted by atomic mass is 9.95. The molecule has 0 saturated carbocycles. The van der Waals surface area contributed by atoms with Crippen LogP contribution in [0.3, 0.4) is 0 Å². The third-order valence-electron chi connectivity index (χ3n) is 3.63. The number of thiazole rings is 1. The second kappa shape index (κ2) is 5.21. The molecule has 23 heavy (non-hydrogen) atoms. The van der Waals surface area contributed by atoms with Gasteiger partial charge in [0.1, 0.15) is 7.85 Å². The topological polar surface area (TPSA) is 74.3 Å². The van der Waals surface area contributed by atoms with E-state index in [1.807, 2.05) is 18.2 Å². The number of H-pyrrole nitrogens is 1. The van der Waals surface area contributed by atoms with E-state index in [1.54, 1.807) is 18.2 Å². The Morgan fingerprint density at radius 1 is 1.13 bits per heavy atom. The second-order valence-electron chi connectivity index (χ2n) is 5.29. The highest BCUT2D eigenvalue weighted by Crippen LogP contribution is 2.28. The molecule has 5 nitrogen and oxygen atoms in total. The summed E-state index contributed by atoms with van der Waals surface area (Å²) in [7, 11) is 5.76. The molecule has 1 aliphatic heterocycles. The Hall–Kier alpha value is -2.67. The van der Waals surface area contributed by atoms with Crippen LogP contribution in [0, 0.1) is 0 Å². The number of nitrogens with one attached hydrogen (secondary N) is 2. The zero-order valence-corrected chi connectivity index (χ0v) is 12.7. The first-order valence-corrected chi connectivity index (χ1v) is 7.80. The zero-order valence-electron chi connectivity index (χ0n) is 11.9. The number of aliphatic imine (C=N–C) groups is 1. The van der Waals surface area contributed by atoms with Crippen molar-refractivity contribution in [1.29, 1.82) is 0 Å². The van der Waals surface area contributed by atoms with Gasteiger partial charge in [-0.15, -0.1) is 0 Å². The van der Waals surface area contributed by atoms with Gasteiger partial charge in [-0.1, -0.05) is 28.9 Å². The summed E-state index contributed by atoms with van der Waals surface area (Å²) in [5, 5.41) is 2.82. The van der Waals surface area contributed by atoms with Crippen molar-refractivity contribution < 1.29 is 4.79 Å². The number of benzene rings is 2. The number of anilines is 1. The maximum absolute atomic E-state index is 12.1. The maximum atomic E-state index is 12.1. The van der Waals surface area contributed by atoms with Crippen molar-refractivity contribution in [2.75, 3.05) is 5.32 Å². The summed E-state index contributed by atoms with van der Waals surface area (Å²) in [6.07, 6.45) is 0.166. The molecule has 0 atom stereocenters. The number of carbonyl (C=O) groups excluding carboxylic acids is 1. The Bertz CT molecular complexity index is 1040. The van der Waals surface area contributed by atoms with Crippen LogP contribution >= 0.6 is 11.3 Å². The molecule has 4 rings (SSSR count). The number of aromatic amines is 1. The molecule has 2 heterocycles. The van der Waals surface area contributed by atoms with Gasteiger partial charge in [0.2, 0.25) is 5.91 Å². The summed E-state index contributed by atoms with van der Waals surface area (Å²) >= 11 is 1.14. The van der Waals surface area contributed by atoms with Gasteiger partial charge in [0, 0.05) is 0 Å². The fourth-order valence-corrected chi connectivity index (χ4v) is 3.35. The van der Waals surface area contributed by atoms with Crippen LogP contribution in [-0.4, -0.2) is 24.4 Å². The number of hydrogen-bond acceptors (Lipinski definition) is 4. The fourth-order valence-electron chi connectivity index (χ4n) is 2.57. The molecular weight excluding hydrogens is 309 g/mol. The van der Waals surface area contributed by atoms with Crippen LogP contribution in [0.15, 0.2) is 46.2 Å². The van der Waals surface area contributed by atoms with Crippen molar-refractivity contribution >= 4 is 57.9 Å². The lowest BCUT2D eigenvalue weighted by Gasteiger charge is -2.05. The summed E-state index contributed by atoms with van der Waals surface area (Å²) < 4.78 is 0.845. The van der Waals surface area contributed by atoms with Crippen LogP contribution in [0.1, 0.15) is 12.0 Å². The minimum absolute atomic E-state index is 0.0986.